The molecule has 126 valence electrons. The number of nitrogens with two attached hydrogens (primary N) is 1. The summed E-state index contributed by atoms with van der Waals surface area (Å²) in [7, 11) is 1.83. The number of rotatable bonds is 5. The van der Waals surface area contributed by atoms with E-state index in [1.165, 1.54) is 6.33 Å². The fourth-order valence-electron chi connectivity index (χ4n) is 2.48. The first kappa shape index (κ1) is 16.4. The number of para-hydroxylation sites is 1. The zero-order valence-electron chi connectivity index (χ0n) is 14.2. The normalized spacial score (nSPS) is 12.0. The second kappa shape index (κ2) is 7.00. The summed E-state index contributed by atoms with van der Waals surface area (Å²) in [5, 5.41) is 5.26. The predicted molar refractivity (Wildman–Crippen MR) is 99.7 cm³/mol. The zero-order valence-corrected chi connectivity index (χ0v) is 14.2. The molecular weight excluding hydrogens is 314 g/mol. The Labute approximate surface area is 146 Å². The van der Waals surface area contributed by atoms with Gasteiger partial charge in [0.2, 0.25) is 0 Å². The monoisotopic (exact) mass is 333 g/mol. The summed E-state index contributed by atoms with van der Waals surface area (Å²) >= 11 is 0. The maximum Gasteiger partial charge on any atom is 0.163 e. The number of benzene rings is 1. The van der Waals surface area contributed by atoms with Gasteiger partial charge in [0, 0.05) is 7.05 Å². The molecule has 0 atom stereocenters. The van der Waals surface area contributed by atoms with Crippen LogP contribution < -0.4 is 10.5 Å². The smallest absolute Gasteiger partial charge is 0.163 e. The van der Waals surface area contributed by atoms with Crippen LogP contribution in [-0.4, -0.2) is 19.7 Å². The lowest BCUT2D eigenvalue weighted by Crippen LogP contribution is -1.95. The maximum absolute atomic E-state index is 6.02. The van der Waals surface area contributed by atoms with E-state index in [0.717, 1.165) is 22.4 Å². The Balaban J connectivity index is 1.88. The molecule has 2 heterocycles. The van der Waals surface area contributed by atoms with Crippen LogP contribution in [0.2, 0.25) is 0 Å². The first-order valence-electron chi connectivity index (χ1n) is 7.80. The van der Waals surface area contributed by atoms with Crippen molar-refractivity contribution in [3.63, 3.8) is 0 Å². The van der Waals surface area contributed by atoms with Gasteiger partial charge in [-0.3, -0.25) is 0 Å². The van der Waals surface area contributed by atoms with Crippen molar-refractivity contribution in [2.24, 2.45) is 7.05 Å². The molecule has 2 aromatic heterocycles. The Morgan fingerprint density at radius 1 is 1.20 bits per heavy atom. The fraction of sp³-hybridized carbons (Fsp3) is 0.105. The number of ether oxygens (including phenoxy) is 1. The highest BCUT2D eigenvalue weighted by atomic mass is 16.5. The van der Waals surface area contributed by atoms with Crippen molar-refractivity contribution >= 4 is 22.4 Å². The van der Waals surface area contributed by atoms with Gasteiger partial charge in [0.25, 0.3) is 0 Å². The van der Waals surface area contributed by atoms with Crippen LogP contribution >= 0.6 is 0 Å². The molecule has 1 aromatic carbocycles. The number of nitrogen functional groups attached to an aromatic ring is 1. The molecule has 25 heavy (non-hydrogen) atoms. The van der Waals surface area contributed by atoms with Crippen LogP contribution in [0.5, 0.6) is 5.75 Å². The lowest BCUT2D eigenvalue weighted by atomic mass is 10.1. The third kappa shape index (κ3) is 3.42. The highest BCUT2D eigenvalue weighted by molar-refractivity contribution is 5.97. The van der Waals surface area contributed by atoms with E-state index in [0.29, 0.717) is 17.2 Å². The van der Waals surface area contributed by atoms with Gasteiger partial charge in [0.05, 0.1) is 5.39 Å². The molecule has 6 heteroatoms. The topological polar surface area (TPSA) is 78.9 Å². The Morgan fingerprint density at radius 3 is 2.68 bits per heavy atom. The number of hydrogen-bond donors (Lipinski definition) is 1. The molecule has 0 unspecified atom stereocenters. The predicted octanol–water partition coefficient (Wildman–Crippen LogP) is 3.50. The first-order chi connectivity index (χ1) is 12.1. The van der Waals surface area contributed by atoms with Gasteiger partial charge in [-0.05, 0) is 36.8 Å². The number of aryl methyl sites for hydroxylation is 1. The van der Waals surface area contributed by atoms with Crippen molar-refractivity contribution in [3.8, 4) is 5.75 Å². The molecule has 0 radical (unpaired) electrons. The number of fused-ring (bicyclic) bond motifs is 1. The second-order valence-corrected chi connectivity index (χ2v) is 5.39. The third-order valence-corrected chi connectivity index (χ3v) is 3.68. The van der Waals surface area contributed by atoms with Gasteiger partial charge in [-0.25, -0.2) is 14.6 Å². The van der Waals surface area contributed by atoms with Gasteiger partial charge < -0.3 is 10.5 Å². The minimum atomic E-state index is 0.403. The molecule has 0 aliphatic heterocycles. The average molecular weight is 333 g/mol. The maximum atomic E-state index is 6.02. The summed E-state index contributed by atoms with van der Waals surface area (Å²) in [6, 6.07) is 9.50. The quantitative estimate of drug-likeness (QED) is 0.571. The van der Waals surface area contributed by atoms with Crippen LogP contribution in [0.3, 0.4) is 0 Å². The molecule has 0 aliphatic rings. The van der Waals surface area contributed by atoms with Crippen molar-refractivity contribution in [3.05, 3.63) is 72.9 Å². The summed E-state index contributed by atoms with van der Waals surface area (Å²) in [6.45, 7) is 5.86. The van der Waals surface area contributed by atoms with Crippen molar-refractivity contribution in [1.82, 2.24) is 19.7 Å². The number of anilines is 1. The highest BCUT2D eigenvalue weighted by Gasteiger charge is 2.15. The van der Waals surface area contributed by atoms with E-state index in [2.05, 4.69) is 21.6 Å². The Bertz CT molecular complexity index is 970. The summed E-state index contributed by atoms with van der Waals surface area (Å²) in [5.41, 5.74) is 8.32. The highest BCUT2D eigenvalue weighted by Crippen LogP contribution is 2.27. The molecule has 0 bridgehead atoms. The van der Waals surface area contributed by atoms with E-state index in [-0.39, 0.29) is 0 Å². The van der Waals surface area contributed by atoms with E-state index in [4.69, 9.17) is 10.5 Å². The molecule has 3 rings (SSSR count). The van der Waals surface area contributed by atoms with E-state index in [9.17, 15) is 0 Å². The summed E-state index contributed by atoms with van der Waals surface area (Å²) in [4.78, 5) is 8.31. The molecule has 0 spiro atoms. The van der Waals surface area contributed by atoms with Gasteiger partial charge in [-0.1, -0.05) is 30.9 Å². The molecule has 2 N–H and O–H groups in total. The zero-order chi connectivity index (χ0) is 17.8. The molecule has 6 nitrogen and oxygen atoms in total. The van der Waals surface area contributed by atoms with Gasteiger partial charge in [-0.15, -0.1) is 0 Å². The number of aromatic nitrogens is 4. The Kier molecular flexibility index (Phi) is 4.61. The summed E-state index contributed by atoms with van der Waals surface area (Å²) in [6.07, 6.45) is 7.06. The first-order valence-corrected chi connectivity index (χ1v) is 7.80. The van der Waals surface area contributed by atoms with Crippen LogP contribution in [-0.2, 0) is 7.05 Å². The van der Waals surface area contributed by atoms with Crippen LogP contribution in [0.1, 0.15) is 12.6 Å². The van der Waals surface area contributed by atoms with Crippen molar-refractivity contribution in [2.75, 3.05) is 5.73 Å². The lowest BCUT2D eigenvalue weighted by molar-refractivity contribution is 0.447. The summed E-state index contributed by atoms with van der Waals surface area (Å²) in [5.74, 6) is 1.66. The van der Waals surface area contributed by atoms with Gasteiger partial charge in [-0.2, -0.15) is 5.10 Å². The lowest BCUT2D eigenvalue weighted by Gasteiger charge is -2.05. The second-order valence-electron chi connectivity index (χ2n) is 5.39. The third-order valence-electron chi connectivity index (χ3n) is 3.68. The van der Waals surface area contributed by atoms with Gasteiger partial charge >= 0.3 is 0 Å². The molecule has 0 amide bonds. The van der Waals surface area contributed by atoms with Crippen LogP contribution in [0.4, 0.5) is 5.82 Å². The minimum Gasteiger partial charge on any atom is -0.458 e. The minimum absolute atomic E-state index is 0.403. The van der Waals surface area contributed by atoms with Gasteiger partial charge in [0.1, 0.15) is 29.3 Å². The van der Waals surface area contributed by atoms with E-state index < -0.39 is 0 Å². The number of allylic oxidation sites excluding steroid dienone is 4. The van der Waals surface area contributed by atoms with Gasteiger partial charge in [0.15, 0.2) is 5.65 Å². The summed E-state index contributed by atoms with van der Waals surface area (Å²) < 4.78 is 7.37. The standard InChI is InChI=1S/C19H19N5O/c1-4-14(11-10-13(2)25-15-8-6-5-7-9-15)17-16-18(20)21-12-22-19(16)24(3)23-17/h4-12H,2H2,1,3H3,(H2,20,21,22)/b11-10-,14-4+. The molecular formula is C19H19N5O. The van der Waals surface area contributed by atoms with Crippen LogP contribution in [0.25, 0.3) is 16.6 Å². The van der Waals surface area contributed by atoms with Crippen molar-refractivity contribution in [2.45, 2.75) is 6.92 Å². The average Bonchev–Trinajstić information content (AvgIpc) is 2.95. The largest absolute Gasteiger partial charge is 0.458 e. The van der Waals surface area contributed by atoms with Crippen molar-refractivity contribution < 1.29 is 4.74 Å². The fourth-order valence-corrected chi connectivity index (χ4v) is 2.48. The van der Waals surface area contributed by atoms with Crippen LogP contribution in [0, 0.1) is 0 Å². The molecule has 0 aliphatic carbocycles. The number of nitrogens with zero attached hydrogens (tertiary/aromatic N) is 4. The Morgan fingerprint density at radius 2 is 1.96 bits per heavy atom. The van der Waals surface area contributed by atoms with E-state index in [1.807, 2.05) is 56.5 Å². The molecule has 0 fully saturated rings. The van der Waals surface area contributed by atoms with Crippen LogP contribution in [0.15, 0.2) is 67.2 Å². The molecule has 3 aromatic rings. The SMILES string of the molecule is C=C(/C=C\C(=C/C)c1nn(C)c2ncnc(N)c12)Oc1ccccc1. The molecule has 0 saturated heterocycles. The van der Waals surface area contributed by atoms with E-state index in [1.54, 1.807) is 10.8 Å². The Hall–Kier alpha value is -3.41. The molecule has 0 saturated carbocycles. The van der Waals surface area contributed by atoms with Crippen molar-refractivity contribution in [1.29, 1.82) is 0 Å². The van der Waals surface area contributed by atoms with E-state index >= 15 is 0 Å². The number of hydrogen-bond acceptors (Lipinski definition) is 5.